The minimum absolute atomic E-state index is 0.286. The Morgan fingerprint density at radius 3 is 2.64 bits per heavy atom. The zero-order valence-electron chi connectivity index (χ0n) is 7.34. The molecule has 1 aromatic rings. The van der Waals surface area contributed by atoms with Gasteiger partial charge in [0.2, 0.25) is 0 Å². The van der Waals surface area contributed by atoms with Gasteiger partial charge in [-0.3, -0.25) is 5.01 Å². The van der Waals surface area contributed by atoms with Gasteiger partial charge in [0.05, 0.1) is 17.8 Å². The van der Waals surface area contributed by atoms with Crippen molar-refractivity contribution >= 4 is 17.9 Å². The number of anilines is 1. The first-order valence-corrected chi connectivity index (χ1v) is 4.15. The Hall–Kier alpha value is -2.04. The molecule has 1 heterocycles. The van der Waals surface area contributed by atoms with E-state index in [0.29, 0.717) is 6.54 Å². The maximum atomic E-state index is 10.6. The second-order valence-electron chi connectivity index (χ2n) is 2.87. The molecule has 0 atom stereocenters. The number of benzene rings is 1. The molecular formula is C9H9N3O2. The Labute approximate surface area is 80.6 Å². The summed E-state index contributed by atoms with van der Waals surface area (Å²) in [4.78, 5) is 10.6. The molecule has 5 heteroatoms. The molecule has 0 spiro atoms. The van der Waals surface area contributed by atoms with Crippen molar-refractivity contribution in [2.75, 3.05) is 11.6 Å². The van der Waals surface area contributed by atoms with E-state index in [9.17, 15) is 4.79 Å². The van der Waals surface area contributed by atoms with Gasteiger partial charge in [-0.15, -0.1) is 0 Å². The average Bonchev–Trinajstić information content (AvgIpc) is 2.71. The van der Waals surface area contributed by atoms with Gasteiger partial charge in [0.15, 0.2) is 0 Å². The van der Waals surface area contributed by atoms with E-state index in [1.165, 1.54) is 0 Å². The van der Waals surface area contributed by atoms with Crippen LogP contribution in [0.3, 0.4) is 0 Å². The zero-order chi connectivity index (χ0) is 9.97. The molecule has 5 nitrogen and oxygen atoms in total. The maximum Gasteiger partial charge on any atom is 0.335 e. The quantitative estimate of drug-likeness (QED) is 0.722. The minimum Gasteiger partial charge on any atom is -0.478 e. The summed E-state index contributed by atoms with van der Waals surface area (Å²) in [5, 5.41) is 14.3. The first-order valence-electron chi connectivity index (χ1n) is 4.15. The number of hydrazine groups is 1. The fraction of sp³-hybridized carbons (Fsp3) is 0.111. The first kappa shape index (κ1) is 8.55. The molecule has 0 fully saturated rings. The summed E-state index contributed by atoms with van der Waals surface area (Å²) in [6.45, 7) is 0.687. The molecule has 1 aromatic carbocycles. The lowest BCUT2D eigenvalue weighted by atomic mass is 10.2. The predicted molar refractivity (Wildman–Crippen MR) is 52.4 cm³/mol. The van der Waals surface area contributed by atoms with Crippen LogP contribution in [0.1, 0.15) is 10.4 Å². The predicted octanol–water partition coefficient (Wildman–Crippen LogP) is 0.695. The number of carbonyl (C=O) groups is 1. The third-order valence-corrected chi connectivity index (χ3v) is 1.96. The number of carboxylic acid groups (broad SMARTS) is 1. The van der Waals surface area contributed by atoms with E-state index in [1.807, 2.05) is 5.01 Å². The average molecular weight is 191 g/mol. The maximum absolute atomic E-state index is 10.6. The molecule has 2 rings (SSSR count). The third kappa shape index (κ3) is 1.52. The standard InChI is InChI=1S/C9H9N3O2/c13-9(14)7-1-3-8(4-2-7)12-6-5-10-11-12/h1-5,11H,6H2,(H,13,14). The lowest BCUT2D eigenvalue weighted by Crippen LogP contribution is -2.29. The van der Waals surface area contributed by atoms with Gasteiger partial charge in [-0.2, -0.15) is 5.10 Å². The van der Waals surface area contributed by atoms with Crippen molar-refractivity contribution in [3.63, 3.8) is 0 Å². The summed E-state index contributed by atoms with van der Waals surface area (Å²) in [6, 6.07) is 6.62. The molecular weight excluding hydrogens is 182 g/mol. The molecule has 1 aliphatic heterocycles. The van der Waals surface area contributed by atoms with Crippen molar-refractivity contribution in [3.8, 4) is 0 Å². The zero-order valence-corrected chi connectivity index (χ0v) is 7.34. The molecule has 0 saturated carbocycles. The van der Waals surface area contributed by atoms with E-state index in [1.54, 1.807) is 30.5 Å². The lowest BCUT2D eigenvalue weighted by molar-refractivity contribution is 0.0697. The summed E-state index contributed by atoms with van der Waals surface area (Å²) >= 11 is 0. The molecule has 2 N–H and O–H groups in total. The van der Waals surface area contributed by atoms with Gasteiger partial charge < -0.3 is 5.11 Å². The number of rotatable bonds is 2. The number of carboxylic acids is 1. The van der Waals surface area contributed by atoms with E-state index >= 15 is 0 Å². The SMILES string of the molecule is O=C(O)c1ccc(N2CC=NN2)cc1. The molecule has 1 aliphatic rings. The number of aromatic carboxylic acids is 1. The van der Waals surface area contributed by atoms with Crippen LogP contribution in [0.15, 0.2) is 29.4 Å². The molecule has 14 heavy (non-hydrogen) atoms. The largest absolute Gasteiger partial charge is 0.478 e. The molecule has 0 saturated heterocycles. The highest BCUT2D eigenvalue weighted by Gasteiger charge is 2.08. The topological polar surface area (TPSA) is 64.9 Å². The lowest BCUT2D eigenvalue weighted by Gasteiger charge is -2.16. The molecule has 0 bridgehead atoms. The van der Waals surface area contributed by atoms with Gasteiger partial charge in [0.1, 0.15) is 0 Å². The van der Waals surface area contributed by atoms with Gasteiger partial charge in [-0.05, 0) is 24.3 Å². The summed E-state index contributed by atoms with van der Waals surface area (Å²) in [5.41, 5.74) is 3.96. The van der Waals surface area contributed by atoms with Crippen molar-refractivity contribution in [3.05, 3.63) is 29.8 Å². The fourth-order valence-electron chi connectivity index (χ4n) is 1.22. The third-order valence-electron chi connectivity index (χ3n) is 1.96. The first-order chi connectivity index (χ1) is 6.77. The van der Waals surface area contributed by atoms with Crippen molar-refractivity contribution < 1.29 is 9.90 Å². The Balaban J connectivity index is 2.17. The molecule has 72 valence electrons. The van der Waals surface area contributed by atoms with Crippen LogP contribution in [-0.4, -0.2) is 23.8 Å². The number of hydrogen-bond donors (Lipinski definition) is 2. The number of nitrogens with zero attached hydrogens (tertiary/aromatic N) is 2. The summed E-state index contributed by atoms with van der Waals surface area (Å²) < 4.78 is 0. The van der Waals surface area contributed by atoms with E-state index in [2.05, 4.69) is 10.6 Å². The molecule has 0 aliphatic carbocycles. The number of hydrazone groups is 1. The molecule has 0 radical (unpaired) electrons. The van der Waals surface area contributed by atoms with Gasteiger partial charge >= 0.3 is 5.97 Å². The van der Waals surface area contributed by atoms with Crippen LogP contribution in [0.4, 0.5) is 5.69 Å². The highest BCUT2D eigenvalue weighted by molar-refractivity contribution is 5.88. The Bertz CT molecular complexity index is 364. The van der Waals surface area contributed by atoms with Crippen molar-refractivity contribution in [1.82, 2.24) is 5.53 Å². The van der Waals surface area contributed by atoms with Crippen LogP contribution in [0.5, 0.6) is 0 Å². The van der Waals surface area contributed by atoms with E-state index in [0.717, 1.165) is 5.69 Å². The van der Waals surface area contributed by atoms with Gasteiger partial charge in [0, 0.05) is 6.21 Å². The normalized spacial score (nSPS) is 14.1. The van der Waals surface area contributed by atoms with Crippen molar-refractivity contribution in [1.29, 1.82) is 0 Å². The number of hydrogen-bond acceptors (Lipinski definition) is 4. The fourth-order valence-corrected chi connectivity index (χ4v) is 1.22. The number of nitrogens with one attached hydrogen (secondary N) is 1. The second-order valence-corrected chi connectivity index (χ2v) is 2.87. The van der Waals surface area contributed by atoms with Crippen LogP contribution in [-0.2, 0) is 0 Å². The Morgan fingerprint density at radius 1 is 1.43 bits per heavy atom. The van der Waals surface area contributed by atoms with Crippen LogP contribution in [0.2, 0.25) is 0 Å². The summed E-state index contributed by atoms with van der Waals surface area (Å²) in [7, 11) is 0. The van der Waals surface area contributed by atoms with E-state index in [-0.39, 0.29) is 5.56 Å². The molecule has 0 amide bonds. The highest BCUT2D eigenvalue weighted by atomic mass is 16.4. The van der Waals surface area contributed by atoms with Crippen LogP contribution >= 0.6 is 0 Å². The second kappa shape index (κ2) is 3.37. The van der Waals surface area contributed by atoms with Crippen molar-refractivity contribution in [2.24, 2.45) is 5.10 Å². The van der Waals surface area contributed by atoms with Gasteiger partial charge in [-0.25, -0.2) is 10.3 Å². The Kier molecular flexibility index (Phi) is 2.06. The van der Waals surface area contributed by atoms with E-state index < -0.39 is 5.97 Å². The van der Waals surface area contributed by atoms with Gasteiger partial charge in [0.25, 0.3) is 0 Å². The van der Waals surface area contributed by atoms with Crippen LogP contribution < -0.4 is 10.5 Å². The summed E-state index contributed by atoms with van der Waals surface area (Å²) in [5.74, 6) is -0.915. The van der Waals surface area contributed by atoms with Crippen LogP contribution in [0, 0.1) is 0 Å². The molecule has 0 unspecified atom stereocenters. The minimum atomic E-state index is -0.915. The smallest absolute Gasteiger partial charge is 0.335 e. The van der Waals surface area contributed by atoms with Gasteiger partial charge in [-0.1, -0.05) is 0 Å². The Morgan fingerprint density at radius 2 is 2.14 bits per heavy atom. The monoisotopic (exact) mass is 191 g/mol. The van der Waals surface area contributed by atoms with Crippen molar-refractivity contribution in [2.45, 2.75) is 0 Å². The molecule has 0 aromatic heterocycles. The van der Waals surface area contributed by atoms with E-state index in [4.69, 9.17) is 5.11 Å². The van der Waals surface area contributed by atoms with Crippen LogP contribution in [0.25, 0.3) is 0 Å². The highest BCUT2D eigenvalue weighted by Crippen LogP contribution is 2.14. The summed E-state index contributed by atoms with van der Waals surface area (Å²) in [6.07, 6.45) is 1.74.